The number of anilines is 1. The minimum absolute atomic E-state index is 0.0815. The monoisotopic (exact) mass is 429 g/mol. The topological polar surface area (TPSA) is 112 Å². The van der Waals surface area contributed by atoms with E-state index in [1.807, 2.05) is 18.2 Å². The summed E-state index contributed by atoms with van der Waals surface area (Å²) >= 11 is 1.27. The Hall–Kier alpha value is -4.24. The minimum Gasteiger partial charge on any atom is -0.494 e. The third-order valence-electron chi connectivity index (χ3n) is 4.66. The molecule has 0 atom stereocenters. The average Bonchev–Trinajstić information content (AvgIpc) is 3.31. The Morgan fingerprint density at radius 1 is 0.935 bits per heavy atom. The molecule has 0 unspecified atom stereocenters. The van der Waals surface area contributed by atoms with Gasteiger partial charge in [-0.25, -0.2) is 14.3 Å². The van der Waals surface area contributed by atoms with Gasteiger partial charge in [-0.3, -0.25) is 0 Å². The molecule has 9 heteroatoms. The molecule has 5 rings (SSSR count). The van der Waals surface area contributed by atoms with Crippen LogP contribution in [0.15, 0.2) is 83.0 Å². The SMILES string of the molecule is O=C(N=Nc1ccccc1)Nc1ccc2nc(-n3c(O)c4ccccc4c3O)sc2c1. The number of aromatic hydroxyl groups is 2. The minimum atomic E-state index is -0.597. The number of urea groups is 1. The average molecular weight is 429 g/mol. The first-order valence-electron chi connectivity index (χ1n) is 9.30. The van der Waals surface area contributed by atoms with Gasteiger partial charge in [0.1, 0.15) is 0 Å². The normalized spacial score (nSPS) is 11.5. The Morgan fingerprint density at radius 2 is 1.61 bits per heavy atom. The van der Waals surface area contributed by atoms with Crippen LogP contribution in [0.2, 0.25) is 0 Å². The van der Waals surface area contributed by atoms with Gasteiger partial charge in [0.05, 0.1) is 15.9 Å². The van der Waals surface area contributed by atoms with Crippen LogP contribution in [0.5, 0.6) is 11.8 Å². The van der Waals surface area contributed by atoms with Crippen LogP contribution in [-0.4, -0.2) is 25.8 Å². The number of carbonyl (C=O) groups excluding carboxylic acids is 1. The number of hydrogen-bond acceptors (Lipinski definition) is 6. The lowest BCUT2D eigenvalue weighted by atomic mass is 10.2. The van der Waals surface area contributed by atoms with Gasteiger partial charge < -0.3 is 15.5 Å². The third kappa shape index (κ3) is 3.47. The zero-order valence-corrected chi connectivity index (χ0v) is 16.7. The Morgan fingerprint density at radius 3 is 2.32 bits per heavy atom. The Kier molecular flexibility index (Phi) is 4.57. The molecule has 3 N–H and O–H groups in total. The van der Waals surface area contributed by atoms with Crippen LogP contribution in [0.4, 0.5) is 16.2 Å². The van der Waals surface area contributed by atoms with Crippen LogP contribution >= 0.6 is 11.3 Å². The van der Waals surface area contributed by atoms with Crippen molar-refractivity contribution < 1.29 is 15.0 Å². The van der Waals surface area contributed by atoms with Crippen molar-refractivity contribution in [2.45, 2.75) is 0 Å². The molecule has 5 aromatic rings. The number of rotatable bonds is 3. The molecule has 0 bridgehead atoms. The molecule has 2 heterocycles. The fourth-order valence-corrected chi connectivity index (χ4v) is 4.24. The number of benzene rings is 3. The van der Waals surface area contributed by atoms with Crippen molar-refractivity contribution in [1.82, 2.24) is 9.55 Å². The van der Waals surface area contributed by atoms with Gasteiger partial charge in [-0.15, -0.1) is 5.11 Å². The summed E-state index contributed by atoms with van der Waals surface area (Å²) in [5.74, 6) is -0.163. The van der Waals surface area contributed by atoms with E-state index in [9.17, 15) is 15.0 Å². The number of amides is 2. The molecule has 0 saturated heterocycles. The number of nitrogens with zero attached hydrogens (tertiary/aromatic N) is 4. The van der Waals surface area contributed by atoms with Gasteiger partial charge in [-0.2, -0.15) is 0 Å². The van der Waals surface area contributed by atoms with Gasteiger partial charge in [-0.1, -0.05) is 46.8 Å². The van der Waals surface area contributed by atoms with E-state index in [0.29, 0.717) is 32.8 Å². The first-order chi connectivity index (χ1) is 15.1. The Labute approximate surface area is 179 Å². The largest absolute Gasteiger partial charge is 0.494 e. The maximum absolute atomic E-state index is 12.1. The molecular formula is C22H15N5O3S. The van der Waals surface area contributed by atoms with Crippen LogP contribution in [-0.2, 0) is 0 Å². The predicted octanol–water partition coefficient (Wildman–Crippen LogP) is 5.97. The number of carbonyl (C=O) groups is 1. The van der Waals surface area contributed by atoms with Crippen molar-refractivity contribution in [3.05, 3.63) is 72.8 Å². The maximum atomic E-state index is 12.1. The van der Waals surface area contributed by atoms with Crippen molar-refractivity contribution in [2.75, 3.05) is 5.32 Å². The predicted molar refractivity (Wildman–Crippen MR) is 120 cm³/mol. The highest BCUT2D eigenvalue weighted by Crippen LogP contribution is 2.40. The molecule has 31 heavy (non-hydrogen) atoms. The number of nitrogens with one attached hydrogen (secondary N) is 1. The number of thiazole rings is 1. The molecule has 0 fully saturated rings. The quantitative estimate of drug-likeness (QED) is 0.307. The van der Waals surface area contributed by atoms with Gasteiger partial charge in [0.25, 0.3) is 0 Å². The van der Waals surface area contributed by atoms with Crippen LogP contribution < -0.4 is 5.32 Å². The van der Waals surface area contributed by atoms with Gasteiger partial charge in [0.15, 0.2) is 5.13 Å². The number of hydrogen-bond donors (Lipinski definition) is 3. The molecule has 0 radical (unpaired) electrons. The number of azo groups is 1. The van der Waals surface area contributed by atoms with Gasteiger partial charge >= 0.3 is 6.03 Å². The molecule has 0 aliphatic rings. The summed E-state index contributed by atoms with van der Waals surface area (Å²) in [6.45, 7) is 0. The van der Waals surface area contributed by atoms with E-state index in [-0.39, 0.29) is 11.8 Å². The lowest BCUT2D eigenvalue weighted by Crippen LogP contribution is -2.04. The van der Waals surface area contributed by atoms with Crippen molar-refractivity contribution in [3.63, 3.8) is 0 Å². The second-order valence-electron chi connectivity index (χ2n) is 6.67. The second-order valence-corrected chi connectivity index (χ2v) is 7.68. The molecule has 0 spiro atoms. The first-order valence-corrected chi connectivity index (χ1v) is 10.1. The van der Waals surface area contributed by atoms with Crippen LogP contribution in [0, 0.1) is 0 Å². The molecule has 2 amide bonds. The summed E-state index contributed by atoms with van der Waals surface area (Å²) in [4.78, 5) is 16.6. The van der Waals surface area contributed by atoms with E-state index in [2.05, 4.69) is 20.5 Å². The summed E-state index contributed by atoms with van der Waals surface area (Å²) < 4.78 is 2.08. The summed E-state index contributed by atoms with van der Waals surface area (Å²) in [6, 6.07) is 20.6. The highest BCUT2D eigenvalue weighted by Gasteiger charge is 2.19. The Bertz CT molecular complexity index is 1420. The number of fused-ring (bicyclic) bond motifs is 2. The summed E-state index contributed by atoms with van der Waals surface area (Å²) in [7, 11) is 0. The second kappa shape index (κ2) is 7.54. The van der Waals surface area contributed by atoms with Gasteiger partial charge in [0, 0.05) is 16.5 Å². The summed E-state index contributed by atoms with van der Waals surface area (Å²) in [5, 5.41) is 32.8. The number of aromatic nitrogens is 2. The van der Waals surface area contributed by atoms with E-state index < -0.39 is 6.03 Å². The smallest absolute Gasteiger partial charge is 0.364 e. The lowest BCUT2D eigenvalue weighted by Gasteiger charge is -2.00. The molecule has 2 aromatic heterocycles. The highest BCUT2D eigenvalue weighted by atomic mass is 32.1. The zero-order valence-electron chi connectivity index (χ0n) is 15.9. The lowest BCUT2D eigenvalue weighted by molar-refractivity contribution is 0.258. The van der Waals surface area contributed by atoms with Crippen molar-refractivity contribution in [1.29, 1.82) is 0 Å². The zero-order chi connectivity index (χ0) is 21.4. The van der Waals surface area contributed by atoms with Gasteiger partial charge in [0.2, 0.25) is 11.8 Å². The van der Waals surface area contributed by atoms with Crippen molar-refractivity contribution in [3.8, 4) is 16.9 Å². The van der Waals surface area contributed by atoms with E-state index >= 15 is 0 Å². The highest BCUT2D eigenvalue weighted by molar-refractivity contribution is 7.20. The standard InChI is InChI=1S/C22H15N5O3S/c28-19-15-8-4-5-9-16(15)20(29)27(19)22-24-17-11-10-14(12-18(17)31-22)23-21(30)26-25-13-6-2-1-3-7-13/h1-12,28-29H,(H,23,30). The summed E-state index contributed by atoms with van der Waals surface area (Å²) in [5.41, 5.74) is 1.78. The molecule has 3 aromatic carbocycles. The molecule has 0 aliphatic heterocycles. The molecular weight excluding hydrogens is 414 g/mol. The van der Waals surface area contributed by atoms with Gasteiger partial charge in [-0.05, 0) is 42.5 Å². The van der Waals surface area contributed by atoms with E-state index in [1.54, 1.807) is 54.6 Å². The van der Waals surface area contributed by atoms with Crippen molar-refractivity contribution in [2.24, 2.45) is 10.2 Å². The van der Waals surface area contributed by atoms with Crippen LogP contribution in [0.25, 0.3) is 26.1 Å². The molecule has 152 valence electrons. The fourth-order valence-electron chi connectivity index (χ4n) is 3.23. The van der Waals surface area contributed by atoms with E-state index in [0.717, 1.165) is 4.70 Å². The molecule has 0 saturated carbocycles. The third-order valence-corrected chi connectivity index (χ3v) is 5.67. The van der Waals surface area contributed by atoms with Crippen LogP contribution in [0.1, 0.15) is 0 Å². The summed E-state index contributed by atoms with van der Waals surface area (Å²) in [6.07, 6.45) is 0. The van der Waals surface area contributed by atoms with Crippen molar-refractivity contribution >= 4 is 49.7 Å². The maximum Gasteiger partial charge on any atom is 0.364 e. The first kappa shape index (κ1) is 18.8. The molecule has 0 aliphatic carbocycles. The Balaban J connectivity index is 1.43. The van der Waals surface area contributed by atoms with E-state index in [4.69, 9.17) is 0 Å². The fraction of sp³-hybridized carbons (Fsp3) is 0. The van der Waals surface area contributed by atoms with E-state index in [1.165, 1.54) is 15.9 Å². The van der Waals surface area contributed by atoms with Crippen LogP contribution in [0.3, 0.4) is 0 Å². The molecule has 8 nitrogen and oxygen atoms in total.